The SMILES string of the molecule is O=CC1=C(Br)CCC=C1. The summed E-state index contributed by atoms with van der Waals surface area (Å²) < 4.78 is 1.03. The molecule has 0 spiro atoms. The van der Waals surface area contributed by atoms with Crippen LogP contribution in [0.4, 0.5) is 0 Å². The molecule has 0 radical (unpaired) electrons. The van der Waals surface area contributed by atoms with Crippen LogP contribution in [0.25, 0.3) is 0 Å². The monoisotopic (exact) mass is 186 g/mol. The van der Waals surface area contributed by atoms with Gasteiger partial charge < -0.3 is 0 Å². The zero-order chi connectivity index (χ0) is 6.69. The van der Waals surface area contributed by atoms with Crippen molar-refractivity contribution in [3.05, 3.63) is 22.2 Å². The summed E-state index contributed by atoms with van der Waals surface area (Å²) in [6.45, 7) is 0. The molecule has 0 aromatic carbocycles. The summed E-state index contributed by atoms with van der Waals surface area (Å²) in [4.78, 5) is 10.2. The van der Waals surface area contributed by atoms with E-state index in [-0.39, 0.29) is 0 Å². The molecular formula is C7H7BrO. The fourth-order valence-electron chi connectivity index (χ4n) is 0.758. The van der Waals surface area contributed by atoms with E-state index >= 15 is 0 Å². The third-order valence-electron chi connectivity index (χ3n) is 1.27. The van der Waals surface area contributed by atoms with Gasteiger partial charge in [-0.1, -0.05) is 28.1 Å². The van der Waals surface area contributed by atoms with Crippen LogP contribution in [0.5, 0.6) is 0 Å². The van der Waals surface area contributed by atoms with Gasteiger partial charge in [0.1, 0.15) is 0 Å². The van der Waals surface area contributed by atoms with Crippen molar-refractivity contribution < 1.29 is 4.79 Å². The molecule has 0 saturated carbocycles. The van der Waals surface area contributed by atoms with E-state index < -0.39 is 0 Å². The Morgan fingerprint density at radius 1 is 1.67 bits per heavy atom. The summed E-state index contributed by atoms with van der Waals surface area (Å²) in [6, 6.07) is 0. The van der Waals surface area contributed by atoms with Crippen LogP contribution < -0.4 is 0 Å². The molecule has 0 bridgehead atoms. The Morgan fingerprint density at radius 2 is 2.44 bits per heavy atom. The molecule has 0 fully saturated rings. The number of aldehydes is 1. The molecule has 1 nitrogen and oxygen atoms in total. The molecule has 0 aromatic rings. The first-order valence-corrected chi connectivity index (χ1v) is 3.64. The lowest BCUT2D eigenvalue weighted by Crippen LogP contribution is -1.89. The molecule has 0 aromatic heterocycles. The molecule has 1 aliphatic rings. The second-order valence-electron chi connectivity index (χ2n) is 1.92. The minimum absolute atomic E-state index is 0.779. The predicted octanol–water partition coefficient (Wildman–Crippen LogP) is 2.18. The summed E-state index contributed by atoms with van der Waals surface area (Å²) in [5.74, 6) is 0. The van der Waals surface area contributed by atoms with Crippen LogP contribution in [0, 0.1) is 0 Å². The topological polar surface area (TPSA) is 17.1 Å². The molecular weight excluding hydrogens is 180 g/mol. The molecule has 1 aliphatic carbocycles. The molecule has 0 amide bonds. The molecule has 48 valence electrons. The lowest BCUT2D eigenvalue weighted by atomic mass is 10.1. The highest BCUT2D eigenvalue weighted by Crippen LogP contribution is 2.22. The van der Waals surface area contributed by atoms with Crippen molar-refractivity contribution in [2.24, 2.45) is 0 Å². The zero-order valence-corrected chi connectivity index (χ0v) is 6.52. The minimum atomic E-state index is 0.779. The van der Waals surface area contributed by atoms with Gasteiger partial charge in [0, 0.05) is 10.1 Å². The predicted molar refractivity (Wildman–Crippen MR) is 40.4 cm³/mol. The van der Waals surface area contributed by atoms with Gasteiger partial charge in [0.05, 0.1) is 0 Å². The maximum Gasteiger partial charge on any atom is 0.150 e. The Bertz CT molecular complexity index is 179. The van der Waals surface area contributed by atoms with Gasteiger partial charge in [-0.05, 0) is 12.8 Å². The highest BCUT2D eigenvalue weighted by molar-refractivity contribution is 9.11. The van der Waals surface area contributed by atoms with Gasteiger partial charge in [0.2, 0.25) is 0 Å². The highest BCUT2D eigenvalue weighted by Gasteiger charge is 2.02. The van der Waals surface area contributed by atoms with Crippen molar-refractivity contribution in [2.45, 2.75) is 12.8 Å². The number of halogens is 1. The van der Waals surface area contributed by atoms with E-state index in [4.69, 9.17) is 0 Å². The van der Waals surface area contributed by atoms with Crippen molar-refractivity contribution in [3.8, 4) is 0 Å². The van der Waals surface area contributed by atoms with Crippen LogP contribution in [0.15, 0.2) is 22.2 Å². The lowest BCUT2D eigenvalue weighted by molar-refractivity contribution is -0.104. The highest BCUT2D eigenvalue weighted by atomic mass is 79.9. The van der Waals surface area contributed by atoms with E-state index in [0.29, 0.717) is 0 Å². The standard InChI is InChI=1S/C7H7BrO/c8-7-4-2-1-3-6(7)5-9/h1,3,5H,2,4H2. The zero-order valence-electron chi connectivity index (χ0n) is 4.93. The third kappa shape index (κ3) is 1.52. The van der Waals surface area contributed by atoms with E-state index in [1.54, 1.807) is 0 Å². The fraction of sp³-hybridized carbons (Fsp3) is 0.286. The Kier molecular flexibility index (Phi) is 2.22. The molecule has 0 heterocycles. The van der Waals surface area contributed by atoms with Gasteiger partial charge in [0.25, 0.3) is 0 Å². The number of hydrogen-bond donors (Lipinski definition) is 0. The van der Waals surface area contributed by atoms with Gasteiger partial charge in [0.15, 0.2) is 6.29 Å². The average molecular weight is 187 g/mol. The average Bonchev–Trinajstić information content (AvgIpc) is 1.89. The molecule has 0 unspecified atom stereocenters. The van der Waals surface area contributed by atoms with E-state index in [2.05, 4.69) is 15.9 Å². The number of allylic oxidation sites excluding steroid dienone is 4. The number of carbonyl (C=O) groups excluding carboxylic acids is 1. The van der Waals surface area contributed by atoms with E-state index in [1.807, 2.05) is 12.2 Å². The smallest absolute Gasteiger partial charge is 0.150 e. The van der Waals surface area contributed by atoms with E-state index in [1.165, 1.54) is 0 Å². The van der Waals surface area contributed by atoms with Crippen LogP contribution in [0.2, 0.25) is 0 Å². The Hall–Kier alpha value is -0.370. The molecule has 0 N–H and O–H groups in total. The van der Waals surface area contributed by atoms with Crippen molar-refractivity contribution in [2.75, 3.05) is 0 Å². The van der Waals surface area contributed by atoms with Crippen LogP contribution >= 0.6 is 15.9 Å². The molecule has 0 aliphatic heterocycles. The van der Waals surface area contributed by atoms with Crippen LogP contribution in [-0.4, -0.2) is 6.29 Å². The summed E-state index contributed by atoms with van der Waals surface area (Å²) in [5.41, 5.74) is 0.779. The Morgan fingerprint density at radius 3 is 2.89 bits per heavy atom. The molecule has 1 rings (SSSR count). The lowest BCUT2D eigenvalue weighted by Gasteiger charge is -2.03. The largest absolute Gasteiger partial charge is 0.298 e. The first-order chi connectivity index (χ1) is 4.34. The van der Waals surface area contributed by atoms with Gasteiger partial charge in [-0.2, -0.15) is 0 Å². The second kappa shape index (κ2) is 2.97. The van der Waals surface area contributed by atoms with Gasteiger partial charge in [-0.25, -0.2) is 0 Å². The van der Waals surface area contributed by atoms with Crippen molar-refractivity contribution in [3.63, 3.8) is 0 Å². The number of hydrogen-bond acceptors (Lipinski definition) is 1. The van der Waals surface area contributed by atoms with Gasteiger partial charge in [-0.15, -0.1) is 0 Å². The summed E-state index contributed by atoms with van der Waals surface area (Å²) >= 11 is 3.31. The van der Waals surface area contributed by atoms with E-state index in [0.717, 1.165) is 29.2 Å². The maximum absolute atomic E-state index is 10.2. The van der Waals surface area contributed by atoms with Crippen LogP contribution in [-0.2, 0) is 4.79 Å². The number of rotatable bonds is 1. The third-order valence-corrected chi connectivity index (χ3v) is 2.12. The summed E-state index contributed by atoms with van der Waals surface area (Å²) in [6.07, 6.45) is 6.73. The Labute approximate surface area is 62.6 Å². The van der Waals surface area contributed by atoms with Crippen molar-refractivity contribution in [1.29, 1.82) is 0 Å². The summed E-state index contributed by atoms with van der Waals surface area (Å²) in [5, 5.41) is 0. The van der Waals surface area contributed by atoms with Crippen LogP contribution in [0.3, 0.4) is 0 Å². The fourth-order valence-corrected chi connectivity index (χ4v) is 1.21. The Balaban J connectivity index is 2.84. The van der Waals surface area contributed by atoms with Gasteiger partial charge in [-0.3, -0.25) is 4.79 Å². The quantitative estimate of drug-likeness (QED) is 0.575. The molecule has 0 atom stereocenters. The summed E-state index contributed by atoms with van der Waals surface area (Å²) in [7, 11) is 0. The molecule has 9 heavy (non-hydrogen) atoms. The van der Waals surface area contributed by atoms with Crippen molar-refractivity contribution in [1.82, 2.24) is 0 Å². The van der Waals surface area contributed by atoms with Crippen molar-refractivity contribution >= 4 is 22.2 Å². The maximum atomic E-state index is 10.2. The second-order valence-corrected chi connectivity index (χ2v) is 2.88. The normalized spacial score (nSPS) is 18.3. The number of carbonyl (C=O) groups is 1. The minimum Gasteiger partial charge on any atom is -0.298 e. The molecule has 0 saturated heterocycles. The first kappa shape index (κ1) is 6.75. The molecule has 2 heteroatoms. The van der Waals surface area contributed by atoms with Gasteiger partial charge >= 0.3 is 0 Å². The van der Waals surface area contributed by atoms with E-state index in [9.17, 15) is 4.79 Å². The van der Waals surface area contributed by atoms with Crippen LogP contribution in [0.1, 0.15) is 12.8 Å². The first-order valence-electron chi connectivity index (χ1n) is 2.85.